The van der Waals surface area contributed by atoms with E-state index in [-0.39, 0.29) is 24.0 Å². The standard InChI is InChI=1S/C28H35N5O3S/c1-17-5-2-3-10-33(17)21-11-19(12-21)27(35)32-28-31-22-9-8-18(13-25(22)37-28)20-14-29-26(30-15-20)16-36-24-7-4-6-23(24)34/h8-9,13-15,17,19,21,23-24,34H,2-7,10-12,16H2,1H3,(H,31,32,35)/t17-,19?,21?,23+,24+/m1/s1. The number of amides is 1. The quantitative estimate of drug-likeness (QED) is 0.462. The maximum Gasteiger partial charge on any atom is 0.229 e. The molecule has 0 spiro atoms. The summed E-state index contributed by atoms with van der Waals surface area (Å²) in [7, 11) is 0. The molecule has 2 saturated carbocycles. The molecule has 0 unspecified atom stereocenters. The normalized spacial score (nSPS) is 28.3. The molecule has 3 fully saturated rings. The van der Waals surface area contributed by atoms with Crippen LogP contribution >= 0.6 is 11.3 Å². The SMILES string of the molecule is C[C@@H]1CCCCN1C1CC(C(=O)Nc2nc3ccc(-c4cnc(CO[C@H]5CCC[C@@H]5O)nc4)cc3s2)C1. The lowest BCUT2D eigenvalue weighted by Gasteiger charge is -2.46. The lowest BCUT2D eigenvalue weighted by atomic mass is 9.77. The monoisotopic (exact) mass is 521 g/mol. The maximum absolute atomic E-state index is 12.9. The number of thiazole rings is 1. The molecule has 3 atom stereocenters. The molecule has 0 bridgehead atoms. The second kappa shape index (κ2) is 10.7. The second-order valence-corrected chi connectivity index (χ2v) is 11.9. The topological polar surface area (TPSA) is 100 Å². The molecule has 9 heteroatoms. The van der Waals surface area contributed by atoms with Gasteiger partial charge in [-0.25, -0.2) is 15.0 Å². The number of likely N-dealkylation sites (tertiary alicyclic amines) is 1. The first-order valence-electron chi connectivity index (χ1n) is 13.6. The average molecular weight is 522 g/mol. The minimum atomic E-state index is -0.380. The van der Waals surface area contributed by atoms with Gasteiger partial charge in [-0.3, -0.25) is 9.69 Å². The van der Waals surface area contributed by atoms with Gasteiger partial charge in [0, 0.05) is 36.0 Å². The van der Waals surface area contributed by atoms with Crippen molar-refractivity contribution in [1.29, 1.82) is 0 Å². The number of nitrogens with one attached hydrogen (secondary N) is 1. The van der Waals surface area contributed by atoms with E-state index in [0.717, 1.165) is 53.4 Å². The Balaban J connectivity index is 1.05. The molecule has 3 aliphatic rings. The Bertz CT molecular complexity index is 1240. The summed E-state index contributed by atoms with van der Waals surface area (Å²) in [5.74, 6) is 0.787. The molecular formula is C28H35N5O3S. The van der Waals surface area contributed by atoms with Crippen molar-refractivity contribution in [3.05, 3.63) is 36.4 Å². The van der Waals surface area contributed by atoms with Gasteiger partial charge in [-0.15, -0.1) is 0 Å². The summed E-state index contributed by atoms with van der Waals surface area (Å²) in [5.41, 5.74) is 2.79. The predicted octanol–water partition coefficient (Wildman–Crippen LogP) is 4.77. The summed E-state index contributed by atoms with van der Waals surface area (Å²) in [6.45, 7) is 3.80. The number of benzene rings is 1. The van der Waals surface area contributed by atoms with E-state index in [1.54, 1.807) is 12.4 Å². The van der Waals surface area contributed by atoms with Crippen LogP contribution in [0.3, 0.4) is 0 Å². The van der Waals surface area contributed by atoms with Gasteiger partial charge in [-0.2, -0.15) is 0 Å². The summed E-state index contributed by atoms with van der Waals surface area (Å²) < 4.78 is 6.81. The predicted molar refractivity (Wildman–Crippen MR) is 144 cm³/mol. The lowest BCUT2D eigenvalue weighted by Crippen LogP contribution is -2.53. The Morgan fingerprint density at radius 1 is 1.14 bits per heavy atom. The van der Waals surface area contributed by atoms with Crippen LogP contribution in [0.25, 0.3) is 21.3 Å². The number of nitrogens with zero attached hydrogens (tertiary/aromatic N) is 4. The molecule has 2 aliphatic carbocycles. The number of ether oxygens (including phenoxy) is 1. The molecule has 1 aliphatic heterocycles. The maximum atomic E-state index is 12.9. The first-order valence-corrected chi connectivity index (χ1v) is 14.4. The molecule has 0 radical (unpaired) electrons. The summed E-state index contributed by atoms with van der Waals surface area (Å²) in [4.78, 5) is 29.0. The zero-order chi connectivity index (χ0) is 25.4. The van der Waals surface area contributed by atoms with Gasteiger partial charge in [0.1, 0.15) is 6.61 Å². The highest BCUT2D eigenvalue weighted by molar-refractivity contribution is 7.22. The number of carbonyl (C=O) groups is 1. The molecule has 1 amide bonds. The zero-order valence-electron chi connectivity index (χ0n) is 21.3. The average Bonchev–Trinajstić information content (AvgIpc) is 3.47. The molecule has 1 aromatic carbocycles. The summed E-state index contributed by atoms with van der Waals surface area (Å²) in [6, 6.07) is 7.25. The smallest absolute Gasteiger partial charge is 0.229 e. The summed E-state index contributed by atoms with van der Waals surface area (Å²) >= 11 is 1.50. The summed E-state index contributed by atoms with van der Waals surface area (Å²) in [6.07, 6.45) is 11.6. The van der Waals surface area contributed by atoms with Crippen molar-refractivity contribution < 1.29 is 14.6 Å². The fraction of sp³-hybridized carbons (Fsp3) is 0.571. The van der Waals surface area contributed by atoms with Crippen LogP contribution in [-0.2, 0) is 16.1 Å². The van der Waals surface area contributed by atoms with Crippen molar-refractivity contribution in [3.63, 3.8) is 0 Å². The number of aromatic nitrogens is 3. The molecule has 8 nitrogen and oxygen atoms in total. The highest BCUT2D eigenvalue weighted by Crippen LogP contribution is 2.37. The number of piperidine rings is 1. The highest BCUT2D eigenvalue weighted by atomic mass is 32.1. The second-order valence-electron chi connectivity index (χ2n) is 10.8. The van der Waals surface area contributed by atoms with Crippen LogP contribution in [0.5, 0.6) is 0 Å². The van der Waals surface area contributed by atoms with Gasteiger partial charge >= 0.3 is 0 Å². The van der Waals surface area contributed by atoms with Crippen molar-refractivity contribution in [3.8, 4) is 11.1 Å². The van der Waals surface area contributed by atoms with Crippen molar-refractivity contribution >= 4 is 32.6 Å². The molecule has 37 heavy (non-hydrogen) atoms. The first kappa shape index (κ1) is 24.9. The molecule has 1 saturated heterocycles. The zero-order valence-corrected chi connectivity index (χ0v) is 22.1. The number of hydrogen-bond donors (Lipinski definition) is 2. The Labute approximate surface area is 221 Å². The van der Waals surface area contributed by atoms with Gasteiger partial charge in [-0.1, -0.05) is 23.8 Å². The van der Waals surface area contributed by atoms with E-state index >= 15 is 0 Å². The van der Waals surface area contributed by atoms with Gasteiger partial charge in [0.2, 0.25) is 5.91 Å². The van der Waals surface area contributed by atoms with E-state index in [2.05, 4.69) is 38.2 Å². The van der Waals surface area contributed by atoms with Crippen LogP contribution in [0.15, 0.2) is 30.6 Å². The highest BCUT2D eigenvalue weighted by Gasteiger charge is 2.40. The fourth-order valence-corrected chi connectivity index (χ4v) is 6.87. The Hall–Kier alpha value is -2.46. The van der Waals surface area contributed by atoms with Crippen LogP contribution in [0.4, 0.5) is 5.13 Å². The third kappa shape index (κ3) is 5.41. The molecule has 2 N–H and O–H groups in total. The van der Waals surface area contributed by atoms with Crippen molar-refractivity contribution in [2.75, 3.05) is 11.9 Å². The molecule has 2 aromatic heterocycles. The fourth-order valence-electron chi connectivity index (χ4n) is 5.96. The summed E-state index contributed by atoms with van der Waals surface area (Å²) in [5, 5.41) is 13.6. The van der Waals surface area contributed by atoms with Gasteiger partial charge < -0.3 is 15.2 Å². The minimum absolute atomic E-state index is 0.0817. The first-order chi connectivity index (χ1) is 18.0. The van der Waals surface area contributed by atoms with E-state index in [4.69, 9.17) is 4.74 Å². The third-order valence-electron chi connectivity index (χ3n) is 8.31. The van der Waals surface area contributed by atoms with Gasteiger partial charge in [-0.05, 0) is 76.1 Å². The van der Waals surface area contributed by atoms with Crippen molar-refractivity contribution in [2.45, 2.75) is 89.2 Å². The number of rotatable bonds is 7. The lowest BCUT2D eigenvalue weighted by molar-refractivity contribution is -0.125. The van der Waals surface area contributed by atoms with E-state index in [0.29, 0.717) is 29.6 Å². The van der Waals surface area contributed by atoms with Gasteiger partial charge in [0.25, 0.3) is 0 Å². The largest absolute Gasteiger partial charge is 0.390 e. The van der Waals surface area contributed by atoms with Crippen LogP contribution in [0, 0.1) is 5.92 Å². The third-order valence-corrected chi connectivity index (χ3v) is 9.24. The number of carbonyl (C=O) groups excluding carboxylic acids is 1. The molecular weight excluding hydrogens is 486 g/mol. The van der Waals surface area contributed by atoms with E-state index in [1.807, 2.05) is 12.1 Å². The number of fused-ring (bicyclic) bond motifs is 1. The van der Waals surface area contributed by atoms with Gasteiger partial charge in [0.05, 0.1) is 22.4 Å². The Kier molecular flexibility index (Phi) is 7.20. The Morgan fingerprint density at radius 2 is 1.97 bits per heavy atom. The minimum Gasteiger partial charge on any atom is -0.390 e. The van der Waals surface area contributed by atoms with E-state index < -0.39 is 0 Å². The Morgan fingerprint density at radius 3 is 2.73 bits per heavy atom. The van der Waals surface area contributed by atoms with Crippen LogP contribution in [-0.4, -0.2) is 61.7 Å². The van der Waals surface area contributed by atoms with E-state index in [1.165, 1.54) is 37.1 Å². The number of hydrogen-bond acceptors (Lipinski definition) is 8. The number of aliphatic hydroxyl groups excluding tert-OH is 1. The van der Waals surface area contributed by atoms with Crippen molar-refractivity contribution in [1.82, 2.24) is 19.9 Å². The molecule has 3 aromatic rings. The van der Waals surface area contributed by atoms with Crippen molar-refractivity contribution in [2.24, 2.45) is 5.92 Å². The van der Waals surface area contributed by atoms with Crippen LogP contribution in [0.2, 0.25) is 0 Å². The molecule has 3 heterocycles. The van der Waals surface area contributed by atoms with Crippen LogP contribution in [0.1, 0.15) is 64.1 Å². The molecule has 6 rings (SSSR count). The number of anilines is 1. The number of aliphatic hydroxyl groups is 1. The molecule has 196 valence electrons. The van der Waals surface area contributed by atoms with Crippen LogP contribution < -0.4 is 5.32 Å². The van der Waals surface area contributed by atoms with E-state index in [9.17, 15) is 9.90 Å². The van der Waals surface area contributed by atoms with Gasteiger partial charge in [0.15, 0.2) is 11.0 Å².